The first-order chi connectivity index (χ1) is 7.65. The summed E-state index contributed by atoms with van der Waals surface area (Å²) in [6.45, 7) is 0. The van der Waals surface area contributed by atoms with Crippen LogP contribution in [0.1, 0.15) is 10.4 Å². The van der Waals surface area contributed by atoms with Gasteiger partial charge in [-0.3, -0.25) is 0 Å². The molecule has 2 rings (SSSR count). The third-order valence-corrected chi connectivity index (χ3v) is 4.63. The molecule has 82 valence electrons. The van der Waals surface area contributed by atoms with Crippen molar-refractivity contribution in [3.63, 3.8) is 0 Å². The predicted octanol–water partition coefficient (Wildman–Crippen LogP) is 4.36. The van der Waals surface area contributed by atoms with Crippen LogP contribution in [0.15, 0.2) is 49.3 Å². The van der Waals surface area contributed by atoms with Gasteiger partial charge >= 0.3 is 5.97 Å². The van der Waals surface area contributed by atoms with Gasteiger partial charge in [-0.15, -0.1) is 11.3 Å². The van der Waals surface area contributed by atoms with Crippen molar-refractivity contribution in [1.29, 1.82) is 0 Å². The summed E-state index contributed by atoms with van der Waals surface area (Å²) in [5, 5.41) is 8.76. The van der Waals surface area contributed by atoms with Gasteiger partial charge in [-0.2, -0.15) is 0 Å². The largest absolute Gasteiger partial charge is 0.478 e. The molecule has 0 radical (unpaired) electrons. The van der Waals surface area contributed by atoms with Gasteiger partial charge in [0.05, 0.1) is 13.6 Å². The lowest BCUT2D eigenvalue weighted by Crippen LogP contribution is -1.94. The van der Waals surface area contributed by atoms with E-state index >= 15 is 0 Å². The van der Waals surface area contributed by atoms with Gasteiger partial charge in [0, 0.05) is 4.90 Å². The summed E-state index contributed by atoms with van der Waals surface area (Å²) in [4.78, 5) is 11.7. The molecule has 16 heavy (non-hydrogen) atoms. The lowest BCUT2D eigenvalue weighted by atomic mass is 10.2. The Bertz CT molecular complexity index is 505. The Morgan fingerprint density at radius 2 is 1.88 bits per heavy atom. The first-order valence-corrected chi connectivity index (χ1v) is 6.84. The molecule has 0 unspecified atom stereocenters. The van der Waals surface area contributed by atoms with Crippen LogP contribution in [0.4, 0.5) is 0 Å². The molecule has 1 heterocycles. The van der Waals surface area contributed by atoms with E-state index in [0.29, 0.717) is 5.56 Å². The van der Waals surface area contributed by atoms with Gasteiger partial charge in [-0.25, -0.2) is 4.79 Å². The summed E-state index contributed by atoms with van der Waals surface area (Å²) in [6, 6.07) is 10.9. The van der Waals surface area contributed by atoms with Crippen LogP contribution >= 0.6 is 39.0 Å². The molecule has 1 aromatic carbocycles. The number of hydrogen-bond acceptors (Lipinski definition) is 3. The predicted molar refractivity (Wildman–Crippen MR) is 69.5 cm³/mol. The van der Waals surface area contributed by atoms with Gasteiger partial charge in [0.1, 0.15) is 0 Å². The minimum atomic E-state index is -0.893. The maximum Gasteiger partial charge on any atom is 0.335 e. The summed E-state index contributed by atoms with van der Waals surface area (Å²) >= 11 is 6.68. The summed E-state index contributed by atoms with van der Waals surface area (Å²) < 4.78 is 2.27. The van der Waals surface area contributed by atoms with Gasteiger partial charge < -0.3 is 5.11 Å². The Hall–Kier alpha value is -0.780. The first-order valence-electron chi connectivity index (χ1n) is 4.42. The average molecular weight is 315 g/mol. The summed E-state index contributed by atoms with van der Waals surface area (Å²) in [7, 11) is 0. The molecule has 1 aromatic heterocycles. The van der Waals surface area contributed by atoms with E-state index in [2.05, 4.69) is 15.9 Å². The molecule has 5 heteroatoms. The molecule has 0 aliphatic rings. The molecule has 0 fully saturated rings. The lowest BCUT2D eigenvalue weighted by molar-refractivity contribution is 0.0697. The van der Waals surface area contributed by atoms with Crippen LogP contribution in [0, 0.1) is 0 Å². The first kappa shape index (κ1) is 11.7. The van der Waals surface area contributed by atoms with Gasteiger partial charge in [-0.1, -0.05) is 11.8 Å². The van der Waals surface area contributed by atoms with Crippen molar-refractivity contribution in [2.45, 2.75) is 9.10 Å². The quantitative estimate of drug-likeness (QED) is 0.914. The molecule has 0 atom stereocenters. The molecule has 2 aromatic rings. The topological polar surface area (TPSA) is 37.3 Å². The number of hydrogen-bond donors (Lipinski definition) is 1. The van der Waals surface area contributed by atoms with E-state index in [1.807, 2.05) is 24.3 Å². The van der Waals surface area contributed by atoms with Crippen molar-refractivity contribution in [3.8, 4) is 0 Å². The van der Waals surface area contributed by atoms with E-state index in [9.17, 15) is 4.79 Å². The van der Waals surface area contributed by atoms with Gasteiger partial charge in [0.15, 0.2) is 0 Å². The van der Waals surface area contributed by atoms with Crippen LogP contribution in [0.25, 0.3) is 0 Å². The Kier molecular flexibility index (Phi) is 3.68. The Balaban J connectivity index is 2.14. The minimum absolute atomic E-state index is 0.316. The normalized spacial score (nSPS) is 10.3. The number of aromatic carboxylic acids is 1. The molecule has 0 bridgehead atoms. The van der Waals surface area contributed by atoms with Crippen molar-refractivity contribution in [2.75, 3.05) is 0 Å². The zero-order valence-electron chi connectivity index (χ0n) is 8.01. The highest BCUT2D eigenvalue weighted by Gasteiger charge is 2.04. The summed E-state index contributed by atoms with van der Waals surface area (Å²) in [6.07, 6.45) is 0. The van der Waals surface area contributed by atoms with Crippen molar-refractivity contribution >= 4 is 45.0 Å². The van der Waals surface area contributed by atoms with E-state index in [1.165, 1.54) is 4.21 Å². The van der Waals surface area contributed by atoms with E-state index in [-0.39, 0.29) is 0 Å². The zero-order valence-corrected chi connectivity index (χ0v) is 11.2. The van der Waals surface area contributed by atoms with Gasteiger partial charge in [0.2, 0.25) is 0 Å². The minimum Gasteiger partial charge on any atom is -0.478 e. The van der Waals surface area contributed by atoms with E-state index in [4.69, 9.17) is 5.11 Å². The number of carboxylic acids is 1. The third kappa shape index (κ3) is 2.87. The zero-order chi connectivity index (χ0) is 11.5. The third-order valence-electron chi connectivity index (χ3n) is 1.87. The van der Waals surface area contributed by atoms with Crippen LogP contribution < -0.4 is 0 Å². The van der Waals surface area contributed by atoms with Crippen LogP contribution in [0.2, 0.25) is 0 Å². The van der Waals surface area contributed by atoms with Crippen molar-refractivity contribution in [2.24, 2.45) is 0 Å². The second kappa shape index (κ2) is 5.03. The van der Waals surface area contributed by atoms with E-state index in [0.717, 1.165) is 8.68 Å². The van der Waals surface area contributed by atoms with Crippen LogP contribution in [-0.2, 0) is 0 Å². The molecule has 0 amide bonds. The van der Waals surface area contributed by atoms with Crippen LogP contribution in [0.5, 0.6) is 0 Å². The number of thiophene rings is 1. The number of benzene rings is 1. The molecular weight excluding hydrogens is 308 g/mol. The highest BCUT2D eigenvalue weighted by Crippen LogP contribution is 2.35. The monoisotopic (exact) mass is 314 g/mol. The highest BCUT2D eigenvalue weighted by molar-refractivity contribution is 9.11. The number of rotatable bonds is 3. The standard InChI is InChI=1S/C11H7BrO2S2/c12-9-5-6-10(16-9)15-8-3-1-7(2-4-8)11(13)14/h1-6H,(H,13,14). The number of halogens is 1. The average Bonchev–Trinajstić information content (AvgIpc) is 2.65. The summed E-state index contributed by atoms with van der Waals surface area (Å²) in [5.74, 6) is -0.893. The second-order valence-corrected chi connectivity index (χ2v) is 6.83. The van der Waals surface area contributed by atoms with Crippen molar-refractivity contribution in [1.82, 2.24) is 0 Å². The fourth-order valence-corrected chi connectivity index (χ4v) is 3.94. The fourth-order valence-electron chi connectivity index (χ4n) is 1.13. The highest BCUT2D eigenvalue weighted by atomic mass is 79.9. The molecule has 0 spiro atoms. The van der Waals surface area contributed by atoms with E-state index in [1.54, 1.807) is 35.2 Å². The van der Waals surface area contributed by atoms with Gasteiger partial charge in [0.25, 0.3) is 0 Å². The Morgan fingerprint density at radius 3 is 2.38 bits per heavy atom. The van der Waals surface area contributed by atoms with Crippen LogP contribution in [-0.4, -0.2) is 11.1 Å². The number of carbonyl (C=O) groups is 1. The van der Waals surface area contributed by atoms with E-state index < -0.39 is 5.97 Å². The van der Waals surface area contributed by atoms with Gasteiger partial charge in [-0.05, 0) is 52.3 Å². The summed E-state index contributed by atoms with van der Waals surface area (Å²) in [5.41, 5.74) is 0.316. The Morgan fingerprint density at radius 1 is 1.19 bits per heavy atom. The maximum atomic E-state index is 10.7. The molecule has 1 N–H and O–H groups in total. The molecule has 0 saturated heterocycles. The fraction of sp³-hybridized carbons (Fsp3) is 0. The second-order valence-electron chi connectivity index (χ2n) is 2.99. The smallest absolute Gasteiger partial charge is 0.335 e. The number of carboxylic acid groups (broad SMARTS) is 1. The molecule has 0 saturated carbocycles. The maximum absolute atomic E-state index is 10.7. The SMILES string of the molecule is O=C(O)c1ccc(Sc2ccc(Br)s2)cc1. The van der Waals surface area contributed by atoms with Crippen molar-refractivity contribution < 1.29 is 9.90 Å². The van der Waals surface area contributed by atoms with Crippen molar-refractivity contribution in [3.05, 3.63) is 45.7 Å². The Labute approximate surface area is 109 Å². The molecule has 2 nitrogen and oxygen atoms in total. The van der Waals surface area contributed by atoms with Crippen LogP contribution in [0.3, 0.4) is 0 Å². The molecule has 0 aliphatic heterocycles. The molecular formula is C11H7BrO2S2. The lowest BCUT2D eigenvalue weighted by Gasteiger charge is -1.99. The molecule has 0 aliphatic carbocycles.